The molecule has 20 heavy (non-hydrogen) atoms. The third-order valence-electron chi connectivity index (χ3n) is 3.64. The van der Waals surface area contributed by atoms with Gasteiger partial charge in [-0.2, -0.15) is 0 Å². The van der Waals surface area contributed by atoms with E-state index in [0.29, 0.717) is 18.0 Å². The first-order valence-electron chi connectivity index (χ1n) is 6.48. The number of carbonyl (C=O) groups is 1. The number of carboxylic acid groups (broad SMARTS) is 1. The van der Waals surface area contributed by atoms with Crippen LogP contribution in [0.2, 0.25) is 5.15 Å². The summed E-state index contributed by atoms with van der Waals surface area (Å²) in [7, 11) is 0. The van der Waals surface area contributed by atoms with Crippen LogP contribution in [0.5, 0.6) is 0 Å². The van der Waals surface area contributed by atoms with Crippen molar-refractivity contribution < 1.29 is 9.90 Å². The Morgan fingerprint density at radius 2 is 2.00 bits per heavy atom. The van der Waals surface area contributed by atoms with E-state index in [1.54, 1.807) is 12.3 Å². The predicted octanol–water partition coefficient (Wildman–Crippen LogP) is 3.71. The number of halogens is 1. The average Bonchev–Trinajstić information content (AvgIpc) is 2.45. The van der Waals surface area contributed by atoms with E-state index in [0.717, 1.165) is 11.1 Å². The van der Waals surface area contributed by atoms with Crippen LogP contribution in [0.1, 0.15) is 24.5 Å². The second-order valence-corrected chi connectivity index (χ2v) is 5.16. The van der Waals surface area contributed by atoms with Crippen LogP contribution in [-0.2, 0) is 16.6 Å². The molecule has 4 heteroatoms. The smallest absolute Gasteiger partial charge is 0.314 e. The molecule has 0 aliphatic rings. The van der Waals surface area contributed by atoms with Crippen molar-refractivity contribution in [3.8, 4) is 0 Å². The Labute approximate surface area is 123 Å². The number of benzene rings is 1. The van der Waals surface area contributed by atoms with Crippen LogP contribution < -0.4 is 0 Å². The quantitative estimate of drug-likeness (QED) is 0.854. The summed E-state index contributed by atoms with van der Waals surface area (Å²) in [4.78, 5) is 15.8. The number of carboxylic acids is 1. The van der Waals surface area contributed by atoms with E-state index < -0.39 is 11.4 Å². The monoisotopic (exact) mass is 289 g/mol. The van der Waals surface area contributed by atoms with Gasteiger partial charge < -0.3 is 5.11 Å². The summed E-state index contributed by atoms with van der Waals surface area (Å²) in [5.74, 6) is -0.820. The van der Waals surface area contributed by atoms with Gasteiger partial charge in [0.05, 0.1) is 5.41 Å². The zero-order valence-electron chi connectivity index (χ0n) is 11.2. The molecule has 1 unspecified atom stereocenters. The molecule has 1 heterocycles. The van der Waals surface area contributed by atoms with Crippen molar-refractivity contribution in [1.29, 1.82) is 0 Å². The second kappa shape index (κ2) is 6.06. The first-order valence-corrected chi connectivity index (χ1v) is 6.85. The number of nitrogens with zero attached hydrogens (tertiary/aromatic N) is 1. The van der Waals surface area contributed by atoms with Crippen molar-refractivity contribution in [2.45, 2.75) is 25.2 Å². The number of hydrogen-bond acceptors (Lipinski definition) is 2. The van der Waals surface area contributed by atoms with Crippen molar-refractivity contribution in [1.82, 2.24) is 4.98 Å². The summed E-state index contributed by atoms with van der Waals surface area (Å²) in [5.41, 5.74) is 0.743. The van der Waals surface area contributed by atoms with Crippen LogP contribution >= 0.6 is 11.6 Å². The SMILES string of the molecule is CCC(Cc1ccnc(Cl)c1)(C(=O)O)c1ccccc1. The molecule has 3 nitrogen and oxygen atoms in total. The molecule has 1 atom stereocenters. The predicted molar refractivity (Wildman–Crippen MR) is 79.0 cm³/mol. The van der Waals surface area contributed by atoms with Gasteiger partial charge >= 0.3 is 5.97 Å². The molecule has 1 aromatic heterocycles. The summed E-state index contributed by atoms with van der Waals surface area (Å²) in [5, 5.41) is 10.1. The molecule has 2 rings (SSSR count). The van der Waals surface area contributed by atoms with Gasteiger partial charge in [0.1, 0.15) is 5.15 Å². The van der Waals surface area contributed by atoms with Crippen molar-refractivity contribution in [3.63, 3.8) is 0 Å². The lowest BCUT2D eigenvalue weighted by atomic mass is 9.73. The fourth-order valence-corrected chi connectivity index (χ4v) is 2.64. The standard InChI is InChI=1S/C16H16ClNO2/c1-2-16(15(19)20,13-6-4-3-5-7-13)11-12-8-9-18-14(17)10-12/h3-10H,2,11H2,1H3,(H,19,20). The minimum Gasteiger partial charge on any atom is -0.481 e. The number of pyridine rings is 1. The van der Waals surface area contributed by atoms with Crippen LogP contribution in [0.3, 0.4) is 0 Å². The van der Waals surface area contributed by atoms with Gasteiger partial charge in [-0.3, -0.25) is 4.79 Å². The van der Waals surface area contributed by atoms with Gasteiger partial charge in [-0.1, -0.05) is 48.9 Å². The van der Waals surface area contributed by atoms with Gasteiger partial charge in [-0.15, -0.1) is 0 Å². The van der Waals surface area contributed by atoms with Crippen LogP contribution in [-0.4, -0.2) is 16.1 Å². The Bertz CT molecular complexity index is 600. The molecule has 104 valence electrons. The zero-order valence-corrected chi connectivity index (χ0v) is 12.0. The molecule has 0 radical (unpaired) electrons. The van der Waals surface area contributed by atoms with E-state index in [9.17, 15) is 9.90 Å². The van der Waals surface area contributed by atoms with Gasteiger partial charge in [0, 0.05) is 6.20 Å². The van der Waals surface area contributed by atoms with Gasteiger partial charge in [-0.25, -0.2) is 4.98 Å². The average molecular weight is 290 g/mol. The van der Waals surface area contributed by atoms with E-state index in [-0.39, 0.29) is 0 Å². The van der Waals surface area contributed by atoms with E-state index >= 15 is 0 Å². The molecule has 0 fully saturated rings. The van der Waals surface area contributed by atoms with Gasteiger partial charge in [0.2, 0.25) is 0 Å². The first kappa shape index (κ1) is 14.5. The van der Waals surface area contributed by atoms with E-state index in [2.05, 4.69) is 4.98 Å². The van der Waals surface area contributed by atoms with Crippen LogP contribution in [0.25, 0.3) is 0 Å². The van der Waals surface area contributed by atoms with Crippen LogP contribution in [0.4, 0.5) is 0 Å². The first-order chi connectivity index (χ1) is 9.58. The molecule has 0 bridgehead atoms. The number of hydrogen-bond donors (Lipinski definition) is 1. The summed E-state index contributed by atoms with van der Waals surface area (Å²) < 4.78 is 0. The van der Waals surface area contributed by atoms with Crippen molar-refractivity contribution in [2.24, 2.45) is 0 Å². The molecule has 2 aromatic rings. The Morgan fingerprint density at radius 1 is 1.30 bits per heavy atom. The van der Waals surface area contributed by atoms with Crippen molar-refractivity contribution in [2.75, 3.05) is 0 Å². The Morgan fingerprint density at radius 3 is 2.55 bits per heavy atom. The third kappa shape index (κ3) is 2.83. The molecule has 0 aliphatic heterocycles. The maximum absolute atomic E-state index is 11.9. The molecular formula is C16H16ClNO2. The minimum absolute atomic E-state index is 0.381. The molecule has 0 amide bonds. The topological polar surface area (TPSA) is 50.2 Å². The normalized spacial score (nSPS) is 13.7. The Balaban J connectivity index is 2.45. The maximum Gasteiger partial charge on any atom is 0.314 e. The van der Waals surface area contributed by atoms with Gasteiger partial charge in [0.15, 0.2) is 0 Å². The molecule has 0 aliphatic carbocycles. The Kier molecular flexibility index (Phi) is 4.40. The molecule has 0 saturated carbocycles. The largest absolute Gasteiger partial charge is 0.481 e. The number of aromatic nitrogens is 1. The van der Waals surface area contributed by atoms with Crippen molar-refractivity contribution >= 4 is 17.6 Å². The highest BCUT2D eigenvalue weighted by Crippen LogP contribution is 2.32. The Hall–Kier alpha value is -1.87. The molecule has 0 saturated heterocycles. The molecule has 1 aromatic carbocycles. The van der Waals surface area contributed by atoms with Gasteiger partial charge in [-0.05, 0) is 36.1 Å². The van der Waals surface area contributed by atoms with Crippen LogP contribution in [0, 0.1) is 0 Å². The van der Waals surface area contributed by atoms with E-state index in [1.165, 1.54) is 0 Å². The fraction of sp³-hybridized carbons (Fsp3) is 0.250. The van der Waals surface area contributed by atoms with Gasteiger partial charge in [0.25, 0.3) is 0 Å². The third-order valence-corrected chi connectivity index (χ3v) is 3.84. The maximum atomic E-state index is 11.9. The second-order valence-electron chi connectivity index (χ2n) is 4.77. The highest BCUT2D eigenvalue weighted by molar-refractivity contribution is 6.29. The minimum atomic E-state index is -0.939. The highest BCUT2D eigenvalue weighted by atomic mass is 35.5. The lowest BCUT2D eigenvalue weighted by Gasteiger charge is -2.29. The lowest BCUT2D eigenvalue weighted by Crippen LogP contribution is -2.37. The summed E-state index contributed by atoms with van der Waals surface area (Å²) in [6, 6.07) is 12.9. The lowest BCUT2D eigenvalue weighted by molar-refractivity contribution is -0.144. The fourth-order valence-electron chi connectivity index (χ4n) is 2.44. The molecule has 0 spiro atoms. The van der Waals surface area contributed by atoms with Crippen LogP contribution in [0.15, 0.2) is 48.7 Å². The molecular weight excluding hydrogens is 274 g/mol. The van der Waals surface area contributed by atoms with E-state index in [4.69, 9.17) is 11.6 Å². The van der Waals surface area contributed by atoms with Crippen molar-refractivity contribution in [3.05, 3.63) is 64.9 Å². The van der Waals surface area contributed by atoms with E-state index in [1.807, 2.05) is 43.3 Å². The zero-order chi connectivity index (χ0) is 14.6. The molecule has 1 N–H and O–H groups in total. The number of aliphatic carboxylic acids is 1. The summed E-state index contributed by atoms with van der Waals surface area (Å²) >= 11 is 5.88. The number of rotatable bonds is 5. The summed E-state index contributed by atoms with van der Waals surface area (Å²) in [6.45, 7) is 1.89. The highest BCUT2D eigenvalue weighted by Gasteiger charge is 2.38. The summed E-state index contributed by atoms with van der Waals surface area (Å²) in [6.07, 6.45) is 2.50.